The Balaban J connectivity index is 1.83. The molecule has 2 N–H and O–H groups in total. The molecule has 2 aromatic rings. The zero-order chi connectivity index (χ0) is 17.8. The predicted molar refractivity (Wildman–Crippen MR) is 86.8 cm³/mol. The van der Waals surface area contributed by atoms with Gasteiger partial charge in [0.15, 0.2) is 5.76 Å². The Labute approximate surface area is 144 Å². The van der Waals surface area contributed by atoms with Crippen molar-refractivity contribution in [3.8, 4) is 11.3 Å². The third kappa shape index (κ3) is 3.69. The van der Waals surface area contributed by atoms with Gasteiger partial charge in [0.05, 0.1) is 6.04 Å². The van der Waals surface area contributed by atoms with E-state index in [-0.39, 0.29) is 28.8 Å². The summed E-state index contributed by atoms with van der Waals surface area (Å²) in [5.74, 6) is -1.31. The Bertz CT molecular complexity index is 753. The molecule has 1 saturated heterocycles. The highest BCUT2D eigenvalue weighted by atomic mass is 16.5. The number of rotatable bonds is 5. The second-order valence-corrected chi connectivity index (χ2v) is 5.93. The summed E-state index contributed by atoms with van der Waals surface area (Å²) in [6.07, 6.45) is 4.41. The number of carboxylic acid groups (broad SMARTS) is 1. The molecule has 1 amide bonds. The van der Waals surface area contributed by atoms with Crippen LogP contribution in [-0.2, 0) is 9.53 Å². The number of hydrogen-bond acceptors (Lipinski definition) is 6. The van der Waals surface area contributed by atoms with E-state index in [1.54, 1.807) is 25.3 Å². The van der Waals surface area contributed by atoms with E-state index in [1.165, 1.54) is 6.20 Å². The van der Waals surface area contributed by atoms with Crippen molar-refractivity contribution in [3.05, 3.63) is 35.9 Å². The molecule has 1 atom stereocenters. The Kier molecular flexibility index (Phi) is 5.08. The molecule has 0 radical (unpaired) electrons. The first-order valence-corrected chi connectivity index (χ1v) is 8.09. The second kappa shape index (κ2) is 7.43. The second-order valence-electron chi connectivity index (χ2n) is 5.93. The van der Waals surface area contributed by atoms with Crippen molar-refractivity contribution in [1.29, 1.82) is 0 Å². The van der Waals surface area contributed by atoms with Gasteiger partial charge in [-0.05, 0) is 31.9 Å². The summed E-state index contributed by atoms with van der Waals surface area (Å²) >= 11 is 0. The van der Waals surface area contributed by atoms with E-state index in [9.17, 15) is 14.7 Å². The van der Waals surface area contributed by atoms with E-state index in [2.05, 4.69) is 15.5 Å². The predicted octanol–water partition coefficient (Wildman–Crippen LogP) is 2.04. The maximum atomic E-state index is 12.4. The molecule has 0 aliphatic carbocycles. The maximum absolute atomic E-state index is 12.4. The van der Waals surface area contributed by atoms with E-state index >= 15 is 0 Å². The number of carboxylic acids is 1. The molecule has 2 aromatic heterocycles. The van der Waals surface area contributed by atoms with Crippen LogP contribution in [0, 0.1) is 5.92 Å². The van der Waals surface area contributed by atoms with Crippen LogP contribution in [0.3, 0.4) is 0 Å². The molecule has 25 heavy (non-hydrogen) atoms. The van der Waals surface area contributed by atoms with Crippen LogP contribution in [0.5, 0.6) is 0 Å². The van der Waals surface area contributed by atoms with E-state index in [1.807, 2.05) is 0 Å². The lowest BCUT2D eigenvalue weighted by Crippen LogP contribution is -2.36. The molecule has 1 aliphatic rings. The normalized spacial score (nSPS) is 16.4. The Morgan fingerprint density at radius 2 is 2.12 bits per heavy atom. The van der Waals surface area contributed by atoms with Crippen LogP contribution >= 0.6 is 0 Å². The van der Waals surface area contributed by atoms with Gasteiger partial charge in [-0.15, -0.1) is 0 Å². The summed E-state index contributed by atoms with van der Waals surface area (Å²) in [7, 11) is 0. The number of amides is 1. The first kappa shape index (κ1) is 17.1. The van der Waals surface area contributed by atoms with Gasteiger partial charge in [0.2, 0.25) is 5.91 Å². The molecule has 1 aliphatic heterocycles. The van der Waals surface area contributed by atoms with Crippen LogP contribution in [0.2, 0.25) is 0 Å². The maximum Gasteiger partial charge on any atom is 0.341 e. The molecule has 3 heterocycles. The fraction of sp³-hybridized carbons (Fsp3) is 0.412. The minimum atomic E-state index is -1.16. The van der Waals surface area contributed by atoms with E-state index in [0.29, 0.717) is 31.6 Å². The van der Waals surface area contributed by atoms with Crippen LogP contribution in [-0.4, -0.2) is 40.3 Å². The zero-order valence-electron chi connectivity index (χ0n) is 13.8. The van der Waals surface area contributed by atoms with Gasteiger partial charge in [-0.25, -0.2) is 4.79 Å². The number of hydrogen-bond donors (Lipinski definition) is 2. The molecule has 8 heteroatoms. The molecule has 0 saturated carbocycles. The van der Waals surface area contributed by atoms with Gasteiger partial charge in [-0.2, -0.15) is 0 Å². The molecular weight excluding hydrogens is 326 g/mol. The highest BCUT2D eigenvalue weighted by Crippen LogP contribution is 2.29. The number of nitrogens with zero attached hydrogens (tertiary/aromatic N) is 2. The Morgan fingerprint density at radius 3 is 2.76 bits per heavy atom. The van der Waals surface area contributed by atoms with Crippen LogP contribution < -0.4 is 5.32 Å². The number of nitrogens with one attached hydrogen (secondary N) is 1. The van der Waals surface area contributed by atoms with Crippen LogP contribution in [0.1, 0.15) is 41.9 Å². The van der Waals surface area contributed by atoms with Gasteiger partial charge in [0.25, 0.3) is 0 Å². The summed E-state index contributed by atoms with van der Waals surface area (Å²) in [6, 6.07) is 2.78. The van der Waals surface area contributed by atoms with Crippen molar-refractivity contribution in [1.82, 2.24) is 15.5 Å². The molecule has 132 valence electrons. The molecule has 1 fully saturated rings. The highest BCUT2D eigenvalue weighted by molar-refractivity contribution is 5.96. The number of carbonyl (C=O) groups is 2. The summed E-state index contributed by atoms with van der Waals surface area (Å²) in [6.45, 7) is 2.79. The van der Waals surface area contributed by atoms with Crippen molar-refractivity contribution < 1.29 is 24.0 Å². The van der Waals surface area contributed by atoms with Gasteiger partial charge >= 0.3 is 5.97 Å². The Morgan fingerprint density at radius 1 is 1.36 bits per heavy atom. The fourth-order valence-corrected chi connectivity index (χ4v) is 2.86. The SMILES string of the molecule is C[C@@H](NC(=O)C1CCOCC1)c1onc(-c2cccnc2)c1C(=O)O. The molecule has 8 nitrogen and oxygen atoms in total. The van der Waals surface area contributed by atoms with Crippen molar-refractivity contribution in [2.45, 2.75) is 25.8 Å². The van der Waals surface area contributed by atoms with Gasteiger partial charge in [-0.3, -0.25) is 9.78 Å². The van der Waals surface area contributed by atoms with Gasteiger partial charge in [0, 0.05) is 37.1 Å². The van der Waals surface area contributed by atoms with E-state index < -0.39 is 12.0 Å². The lowest BCUT2D eigenvalue weighted by atomic mass is 9.98. The number of aromatic carboxylic acids is 1. The lowest BCUT2D eigenvalue weighted by Gasteiger charge is -2.22. The Hall–Kier alpha value is -2.74. The topological polar surface area (TPSA) is 115 Å². The van der Waals surface area contributed by atoms with E-state index in [4.69, 9.17) is 9.26 Å². The van der Waals surface area contributed by atoms with Crippen molar-refractivity contribution in [2.24, 2.45) is 5.92 Å². The van der Waals surface area contributed by atoms with Crippen molar-refractivity contribution in [2.75, 3.05) is 13.2 Å². The van der Waals surface area contributed by atoms with E-state index in [0.717, 1.165) is 0 Å². The minimum absolute atomic E-state index is 0.0622. The number of aromatic nitrogens is 2. The minimum Gasteiger partial charge on any atom is -0.477 e. The van der Waals surface area contributed by atoms with Gasteiger partial charge < -0.3 is 19.7 Å². The third-order valence-electron chi connectivity index (χ3n) is 4.21. The molecule has 3 rings (SSSR count). The summed E-state index contributed by atoms with van der Waals surface area (Å²) in [4.78, 5) is 28.0. The molecular formula is C17H19N3O5. The zero-order valence-corrected chi connectivity index (χ0v) is 13.8. The first-order valence-electron chi connectivity index (χ1n) is 8.09. The molecule has 0 bridgehead atoms. The summed E-state index contributed by atoms with van der Waals surface area (Å²) in [5, 5.41) is 16.3. The largest absolute Gasteiger partial charge is 0.477 e. The molecule has 0 spiro atoms. The number of carbonyl (C=O) groups excluding carboxylic acids is 1. The van der Waals surface area contributed by atoms with Crippen LogP contribution in [0.4, 0.5) is 0 Å². The van der Waals surface area contributed by atoms with Crippen molar-refractivity contribution >= 4 is 11.9 Å². The van der Waals surface area contributed by atoms with Gasteiger partial charge in [0.1, 0.15) is 11.3 Å². The smallest absolute Gasteiger partial charge is 0.341 e. The summed E-state index contributed by atoms with van der Waals surface area (Å²) in [5.41, 5.74) is 0.674. The quantitative estimate of drug-likeness (QED) is 0.852. The third-order valence-corrected chi connectivity index (χ3v) is 4.21. The highest BCUT2D eigenvalue weighted by Gasteiger charge is 2.30. The number of ether oxygens (including phenoxy) is 1. The first-order chi connectivity index (χ1) is 12.1. The molecule has 0 aromatic carbocycles. The summed E-state index contributed by atoms with van der Waals surface area (Å²) < 4.78 is 10.5. The number of pyridine rings is 1. The van der Waals surface area contributed by atoms with Crippen molar-refractivity contribution in [3.63, 3.8) is 0 Å². The fourth-order valence-electron chi connectivity index (χ4n) is 2.86. The average molecular weight is 345 g/mol. The lowest BCUT2D eigenvalue weighted by molar-refractivity contribution is -0.128. The monoisotopic (exact) mass is 345 g/mol. The average Bonchev–Trinajstić information content (AvgIpc) is 3.08. The van der Waals surface area contributed by atoms with Crippen LogP contribution in [0.15, 0.2) is 29.0 Å². The molecule has 0 unspecified atom stereocenters. The standard InChI is InChI=1S/C17H19N3O5/c1-10(19-16(21)11-4-7-24-8-5-11)15-13(17(22)23)14(20-25-15)12-3-2-6-18-9-12/h2-3,6,9-11H,4-5,7-8H2,1H3,(H,19,21)(H,22,23)/t10-/m1/s1. The van der Waals surface area contributed by atoms with Crippen LogP contribution in [0.25, 0.3) is 11.3 Å². The van der Waals surface area contributed by atoms with Gasteiger partial charge in [-0.1, -0.05) is 5.16 Å².